The van der Waals surface area contributed by atoms with Crippen molar-refractivity contribution in [3.8, 4) is 0 Å². The molecule has 3 rings (SSSR count). The SMILES string of the molecule is O=C(c1ccc(Cl)nc1)c1cccc2ncccc12. The number of carbonyl (C=O) groups is 1. The van der Waals surface area contributed by atoms with Gasteiger partial charge in [0, 0.05) is 28.9 Å². The molecule has 0 N–H and O–H groups in total. The van der Waals surface area contributed by atoms with Gasteiger partial charge in [0.15, 0.2) is 5.78 Å². The molecule has 0 unspecified atom stereocenters. The van der Waals surface area contributed by atoms with Crippen molar-refractivity contribution in [1.82, 2.24) is 9.97 Å². The van der Waals surface area contributed by atoms with Crippen LogP contribution in [0.15, 0.2) is 54.9 Å². The van der Waals surface area contributed by atoms with E-state index in [1.807, 2.05) is 24.3 Å². The lowest BCUT2D eigenvalue weighted by Gasteiger charge is -2.05. The number of aromatic nitrogens is 2. The smallest absolute Gasteiger partial charge is 0.195 e. The van der Waals surface area contributed by atoms with E-state index in [4.69, 9.17) is 11.6 Å². The Kier molecular flexibility index (Phi) is 2.97. The van der Waals surface area contributed by atoms with Crippen LogP contribution in [0.2, 0.25) is 5.15 Å². The highest BCUT2D eigenvalue weighted by molar-refractivity contribution is 6.29. The van der Waals surface area contributed by atoms with Crippen LogP contribution in [-0.2, 0) is 0 Å². The van der Waals surface area contributed by atoms with Crippen molar-refractivity contribution in [2.75, 3.05) is 0 Å². The van der Waals surface area contributed by atoms with E-state index >= 15 is 0 Å². The molecule has 0 amide bonds. The largest absolute Gasteiger partial charge is 0.289 e. The van der Waals surface area contributed by atoms with Crippen molar-refractivity contribution in [1.29, 1.82) is 0 Å². The van der Waals surface area contributed by atoms with Gasteiger partial charge in [0.1, 0.15) is 5.15 Å². The normalized spacial score (nSPS) is 10.6. The Morgan fingerprint density at radius 3 is 2.68 bits per heavy atom. The Bertz CT molecular complexity index is 748. The van der Waals surface area contributed by atoms with Gasteiger partial charge in [-0.3, -0.25) is 9.78 Å². The van der Waals surface area contributed by atoms with Gasteiger partial charge < -0.3 is 0 Å². The maximum absolute atomic E-state index is 12.5. The summed E-state index contributed by atoms with van der Waals surface area (Å²) in [6.45, 7) is 0. The Labute approximate surface area is 114 Å². The van der Waals surface area contributed by atoms with Crippen molar-refractivity contribution in [2.24, 2.45) is 0 Å². The van der Waals surface area contributed by atoms with E-state index in [9.17, 15) is 4.79 Å². The second kappa shape index (κ2) is 4.78. The number of halogens is 1. The van der Waals surface area contributed by atoms with Crippen LogP contribution in [0.4, 0.5) is 0 Å². The molecule has 1 aromatic carbocycles. The lowest BCUT2D eigenvalue weighted by molar-refractivity contribution is 0.104. The molecule has 3 nitrogen and oxygen atoms in total. The molecule has 0 atom stereocenters. The van der Waals surface area contributed by atoms with E-state index < -0.39 is 0 Å². The summed E-state index contributed by atoms with van der Waals surface area (Å²) in [4.78, 5) is 20.6. The first-order valence-electron chi connectivity index (χ1n) is 5.76. The Balaban J connectivity index is 2.14. The Morgan fingerprint density at radius 2 is 1.89 bits per heavy atom. The molecule has 4 heteroatoms. The Morgan fingerprint density at radius 1 is 1.00 bits per heavy atom. The van der Waals surface area contributed by atoms with Gasteiger partial charge >= 0.3 is 0 Å². The van der Waals surface area contributed by atoms with Crippen LogP contribution in [0, 0.1) is 0 Å². The molecular weight excluding hydrogens is 260 g/mol. The van der Waals surface area contributed by atoms with Crippen LogP contribution in [0.5, 0.6) is 0 Å². The second-order valence-corrected chi connectivity index (χ2v) is 4.46. The summed E-state index contributed by atoms with van der Waals surface area (Å²) in [6.07, 6.45) is 3.19. The molecule has 2 heterocycles. The minimum Gasteiger partial charge on any atom is -0.289 e. The molecule has 2 aromatic heterocycles. The first-order valence-corrected chi connectivity index (χ1v) is 6.13. The van der Waals surface area contributed by atoms with E-state index in [0.717, 1.165) is 10.9 Å². The van der Waals surface area contributed by atoms with Gasteiger partial charge in [0.25, 0.3) is 0 Å². The summed E-state index contributed by atoms with van der Waals surface area (Å²) in [7, 11) is 0. The van der Waals surface area contributed by atoms with E-state index in [0.29, 0.717) is 16.3 Å². The number of rotatable bonds is 2. The zero-order valence-electron chi connectivity index (χ0n) is 9.88. The zero-order chi connectivity index (χ0) is 13.2. The lowest BCUT2D eigenvalue weighted by Crippen LogP contribution is -2.02. The van der Waals surface area contributed by atoms with E-state index in [-0.39, 0.29) is 5.78 Å². The molecule has 0 saturated carbocycles. The molecule has 3 aromatic rings. The predicted octanol–water partition coefficient (Wildman–Crippen LogP) is 3.51. The number of hydrogen-bond donors (Lipinski definition) is 0. The summed E-state index contributed by atoms with van der Waals surface area (Å²) >= 11 is 5.73. The van der Waals surface area contributed by atoms with Crippen molar-refractivity contribution in [3.63, 3.8) is 0 Å². The summed E-state index contributed by atoms with van der Waals surface area (Å²) in [5.74, 6) is -0.0808. The zero-order valence-corrected chi connectivity index (χ0v) is 10.6. The molecule has 0 aliphatic carbocycles. The van der Waals surface area contributed by atoms with Crippen LogP contribution in [-0.4, -0.2) is 15.8 Å². The number of ketones is 1. The fourth-order valence-corrected chi connectivity index (χ4v) is 2.08. The van der Waals surface area contributed by atoms with Gasteiger partial charge in [0.2, 0.25) is 0 Å². The fraction of sp³-hybridized carbons (Fsp3) is 0. The van der Waals surface area contributed by atoms with E-state index in [1.54, 1.807) is 24.4 Å². The van der Waals surface area contributed by atoms with Crippen molar-refractivity contribution in [3.05, 3.63) is 71.1 Å². The molecule has 0 bridgehead atoms. The summed E-state index contributed by atoms with van der Waals surface area (Å²) in [6, 6.07) is 12.5. The average Bonchev–Trinajstić information content (AvgIpc) is 2.47. The molecule has 0 fully saturated rings. The van der Waals surface area contributed by atoms with Crippen LogP contribution >= 0.6 is 11.6 Å². The van der Waals surface area contributed by atoms with Crippen molar-refractivity contribution in [2.45, 2.75) is 0 Å². The third kappa shape index (κ3) is 2.20. The van der Waals surface area contributed by atoms with Crippen LogP contribution in [0.25, 0.3) is 10.9 Å². The Hall–Kier alpha value is -2.26. The fourth-order valence-electron chi connectivity index (χ4n) is 1.97. The van der Waals surface area contributed by atoms with E-state index in [2.05, 4.69) is 9.97 Å². The number of benzene rings is 1. The molecule has 0 spiro atoms. The third-order valence-electron chi connectivity index (χ3n) is 2.88. The van der Waals surface area contributed by atoms with Gasteiger partial charge in [-0.15, -0.1) is 0 Å². The minimum absolute atomic E-state index is 0.0808. The first kappa shape index (κ1) is 11.8. The number of pyridine rings is 2. The molecule has 0 radical (unpaired) electrons. The maximum atomic E-state index is 12.5. The van der Waals surface area contributed by atoms with Crippen LogP contribution < -0.4 is 0 Å². The highest BCUT2D eigenvalue weighted by Crippen LogP contribution is 2.20. The lowest BCUT2D eigenvalue weighted by atomic mass is 10.0. The third-order valence-corrected chi connectivity index (χ3v) is 3.10. The maximum Gasteiger partial charge on any atom is 0.195 e. The highest BCUT2D eigenvalue weighted by Gasteiger charge is 2.12. The number of carbonyl (C=O) groups excluding carboxylic acids is 1. The second-order valence-electron chi connectivity index (χ2n) is 4.07. The highest BCUT2D eigenvalue weighted by atomic mass is 35.5. The molecule has 0 aliphatic rings. The number of nitrogens with zero attached hydrogens (tertiary/aromatic N) is 2. The molecule has 0 saturated heterocycles. The van der Waals surface area contributed by atoms with Gasteiger partial charge in [-0.05, 0) is 24.3 Å². The van der Waals surface area contributed by atoms with Gasteiger partial charge in [0.05, 0.1) is 5.52 Å². The molecule has 92 valence electrons. The quantitative estimate of drug-likeness (QED) is 0.528. The standard InChI is InChI=1S/C15H9ClN2O/c16-14-7-6-10(9-18-14)15(19)12-3-1-5-13-11(12)4-2-8-17-13/h1-9H. The summed E-state index contributed by atoms with van der Waals surface area (Å²) in [5.41, 5.74) is 1.94. The predicted molar refractivity (Wildman–Crippen MR) is 74.4 cm³/mol. The summed E-state index contributed by atoms with van der Waals surface area (Å²) in [5, 5.41) is 1.21. The number of hydrogen-bond acceptors (Lipinski definition) is 3. The number of fused-ring (bicyclic) bond motifs is 1. The topological polar surface area (TPSA) is 42.9 Å². The van der Waals surface area contributed by atoms with Gasteiger partial charge in [-0.25, -0.2) is 4.98 Å². The van der Waals surface area contributed by atoms with Gasteiger partial charge in [-0.2, -0.15) is 0 Å². The average molecular weight is 269 g/mol. The van der Waals surface area contributed by atoms with Gasteiger partial charge in [-0.1, -0.05) is 29.8 Å². The molecule has 19 heavy (non-hydrogen) atoms. The van der Waals surface area contributed by atoms with Crippen molar-refractivity contribution < 1.29 is 4.79 Å². The van der Waals surface area contributed by atoms with Crippen molar-refractivity contribution >= 4 is 28.3 Å². The van der Waals surface area contributed by atoms with E-state index in [1.165, 1.54) is 6.20 Å². The monoisotopic (exact) mass is 268 g/mol. The first-order chi connectivity index (χ1) is 9.25. The van der Waals surface area contributed by atoms with Crippen LogP contribution in [0.1, 0.15) is 15.9 Å². The minimum atomic E-state index is -0.0808. The van der Waals surface area contributed by atoms with Crippen LogP contribution in [0.3, 0.4) is 0 Å². The summed E-state index contributed by atoms with van der Waals surface area (Å²) < 4.78 is 0. The molecular formula is C15H9ClN2O. The molecule has 0 aliphatic heterocycles.